The first-order valence-electron chi connectivity index (χ1n) is 9.17. The van der Waals surface area contributed by atoms with Crippen LogP contribution in [0.4, 0.5) is 0 Å². The van der Waals surface area contributed by atoms with Crippen LogP contribution in [-0.4, -0.2) is 35.3 Å². The predicted octanol–water partition coefficient (Wildman–Crippen LogP) is 2.70. The van der Waals surface area contributed by atoms with Crippen LogP contribution in [0.25, 0.3) is 0 Å². The Morgan fingerprint density at radius 1 is 1.29 bits per heavy atom. The molecule has 1 heterocycles. The standard InChI is InChI=1S/C20H28N2O2/c1-3-18(23)22-12-6-9-17(14-22)19(24)21-20(2)11-10-15-7-4-5-8-16(15)13-20/h4-5,7-8,17H,3,6,9-14H2,1-2H3,(H,21,24)/t17-,20-/m1/s1. The van der Waals surface area contributed by atoms with Gasteiger partial charge in [-0.2, -0.15) is 0 Å². The predicted molar refractivity (Wildman–Crippen MR) is 94.6 cm³/mol. The lowest BCUT2D eigenvalue weighted by atomic mass is 9.78. The number of fused-ring (bicyclic) bond motifs is 1. The summed E-state index contributed by atoms with van der Waals surface area (Å²) in [4.78, 5) is 26.6. The molecule has 1 aromatic rings. The Labute approximate surface area is 144 Å². The summed E-state index contributed by atoms with van der Waals surface area (Å²) in [6.45, 7) is 5.40. The van der Waals surface area contributed by atoms with E-state index in [0.717, 1.165) is 38.6 Å². The monoisotopic (exact) mass is 328 g/mol. The molecule has 1 aromatic carbocycles. The second-order valence-electron chi connectivity index (χ2n) is 7.53. The fraction of sp³-hybridized carbons (Fsp3) is 0.600. The summed E-state index contributed by atoms with van der Waals surface area (Å²) in [5, 5.41) is 3.31. The molecule has 4 heteroatoms. The summed E-state index contributed by atoms with van der Waals surface area (Å²) in [5.74, 6) is 0.207. The minimum Gasteiger partial charge on any atom is -0.350 e. The maximum Gasteiger partial charge on any atom is 0.225 e. The average molecular weight is 328 g/mol. The van der Waals surface area contributed by atoms with E-state index >= 15 is 0 Å². The van der Waals surface area contributed by atoms with E-state index in [4.69, 9.17) is 0 Å². The summed E-state index contributed by atoms with van der Waals surface area (Å²) in [6.07, 6.45) is 5.19. The zero-order chi connectivity index (χ0) is 17.2. The highest BCUT2D eigenvalue weighted by Crippen LogP contribution is 2.29. The van der Waals surface area contributed by atoms with Crippen molar-refractivity contribution in [1.29, 1.82) is 0 Å². The molecule has 4 nitrogen and oxygen atoms in total. The zero-order valence-electron chi connectivity index (χ0n) is 14.8. The number of aryl methyl sites for hydroxylation is 1. The van der Waals surface area contributed by atoms with Crippen molar-refractivity contribution in [2.24, 2.45) is 5.92 Å². The number of nitrogens with zero attached hydrogens (tertiary/aromatic N) is 1. The molecule has 1 fully saturated rings. The highest BCUT2D eigenvalue weighted by molar-refractivity contribution is 5.82. The zero-order valence-corrected chi connectivity index (χ0v) is 14.8. The van der Waals surface area contributed by atoms with Gasteiger partial charge in [0.1, 0.15) is 0 Å². The molecule has 2 amide bonds. The Morgan fingerprint density at radius 3 is 2.79 bits per heavy atom. The van der Waals surface area contributed by atoms with Gasteiger partial charge in [-0.3, -0.25) is 9.59 Å². The number of likely N-dealkylation sites (tertiary alicyclic amines) is 1. The summed E-state index contributed by atoms with van der Waals surface area (Å²) in [5.41, 5.74) is 2.57. The van der Waals surface area contributed by atoms with Gasteiger partial charge in [0.2, 0.25) is 11.8 Å². The van der Waals surface area contributed by atoms with Gasteiger partial charge in [-0.25, -0.2) is 0 Å². The lowest BCUT2D eigenvalue weighted by molar-refractivity contribution is -0.136. The topological polar surface area (TPSA) is 49.4 Å². The molecule has 0 radical (unpaired) electrons. The van der Waals surface area contributed by atoms with Crippen LogP contribution in [0.2, 0.25) is 0 Å². The van der Waals surface area contributed by atoms with Crippen LogP contribution in [0.15, 0.2) is 24.3 Å². The number of carbonyl (C=O) groups is 2. The Hall–Kier alpha value is -1.84. The molecule has 0 aromatic heterocycles. The van der Waals surface area contributed by atoms with Crippen molar-refractivity contribution in [1.82, 2.24) is 10.2 Å². The van der Waals surface area contributed by atoms with E-state index in [1.807, 2.05) is 11.8 Å². The normalized spacial score (nSPS) is 26.6. The van der Waals surface area contributed by atoms with Gasteiger partial charge >= 0.3 is 0 Å². The van der Waals surface area contributed by atoms with Gasteiger partial charge in [0.05, 0.1) is 5.92 Å². The van der Waals surface area contributed by atoms with Crippen LogP contribution in [0.5, 0.6) is 0 Å². The second kappa shape index (κ2) is 6.96. The maximum atomic E-state index is 12.8. The van der Waals surface area contributed by atoms with Gasteiger partial charge < -0.3 is 10.2 Å². The third-order valence-corrected chi connectivity index (χ3v) is 5.52. The van der Waals surface area contributed by atoms with Crippen LogP contribution < -0.4 is 5.32 Å². The van der Waals surface area contributed by atoms with Crippen molar-refractivity contribution in [3.63, 3.8) is 0 Å². The maximum absolute atomic E-state index is 12.8. The third-order valence-electron chi connectivity index (χ3n) is 5.52. The first-order chi connectivity index (χ1) is 11.5. The Bertz CT molecular complexity index is 628. The van der Waals surface area contributed by atoms with E-state index in [1.165, 1.54) is 11.1 Å². The number of amides is 2. The fourth-order valence-corrected chi connectivity index (χ4v) is 4.04. The molecule has 0 saturated carbocycles. The average Bonchev–Trinajstić information content (AvgIpc) is 2.60. The molecule has 0 unspecified atom stereocenters. The lowest BCUT2D eigenvalue weighted by Gasteiger charge is -2.38. The summed E-state index contributed by atoms with van der Waals surface area (Å²) in [6, 6.07) is 8.51. The third kappa shape index (κ3) is 3.63. The van der Waals surface area contributed by atoms with E-state index in [1.54, 1.807) is 0 Å². The summed E-state index contributed by atoms with van der Waals surface area (Å²) >= 11 is 0. The second-order valence-corrected chi connectivity index (χ2v) is 7.53. The molecular weight excluding hydrogens is 300 g/mol. The van der Waals surface area contributed by atoms with E-state index in [2.05, 4.69) is 36.5 Å². The molecule has 0 bridgehead atoms. The highest BCUT2D eigenvalue weighted by atomic mass is 16.2. The van der Waals surface area contributed by atoms with Crippen LogP contribution >= 0.6 is 0 Å². The first kappa shape index (κ1) is 17.0. The molecule has 1 aliphatic carbocycles. The van der Waals surface area contributed by atoms with Gasteiger partial charge in [0.25, 0.3) is 0 Å². The molecule has 2 aliphatic rings. The van der Waals surface area contributed by atoms with Gasteiger partial charge in [0, 0.05) is 25.0 Å². The molecule has 0 spiro atoms. The van der Waals surface area contributed by atoms with Crippen LogP contribution in [-0.2, 0) is 22.4 Å². The summed E-state index contributed by atoms with van der Waals surface area (Å²) < 4.78 is 0. The van der Waals surface area contributed by atoms with E-state index < -0.39 is 0 Å². The van der Waals surface area contributed by atoms with Crippen molar-refractivity contribution in [3.05, 3.63) is 35.4 Å². The van der Waals surface area contributed by atoms with Crippen molar-refractivity contribution >= 4 is 11.8 Å². The molecule has 2 atom stereocenters. The SMILES string of the molecule is CCC(=O)N1CCC[C@@H](C(=O)N[C@]2(C)CCc3ccccc3C2)C1. The molecule has 130 valence electrons. The Kier molecular flexibility index (Phi) is 4.93. The quantitative estimate of drug-likeness (QED) is 0.927. The number of carbonyl (C=O) groups excluding carboxylic acids is 2. The molecular formula is C20H28N2O2. The molecule has 1 saturated heterocycles. The highest BCUT2D eigenvalue weighted by Gasteiger charge is 2.35. The first-order valence-corrected chi connectivity index (χ1v) is 9.17. The Morgan fingerprint density at radius 2 is 2.04 bits per heavy atom. The number of piperidine rings is 1. The van der Waals surface area contributed by atoms with Crippen LogP contribution in [0, 0.1) is 5.92 Å². The van der Waals surface area contributed by atoms with Crippen molar-refractivity contribution in [2.75, 3.05) is 13.1 Å². The van der Waals surface area contributed by atoms with Gasteiger partial charge in [-0.1, -0.05) is 31.2 Å². The van der Waals surface area contributed by atoms with E-state index in [0.29, 0.717) is 13.0 Å². The Balaban J connectivity index is 1.63. The van der Waals surface area contributed by atoms with Crippen molar-refractivity contribution < 1.29 is 9.59 Å². The molecule has 3 rings (SSSR count). The number of rotatable bonds is 3. The number of nitrogens with one attached hydrogen (secondary N) is 1. The minimum atomic E-state index is -0.178. The molecule has 1 N–H and O–H groups in total. The lowest BCUT2D eigenvalue weighted by Crippen LogP contribution is -2.54. The van der Waals surface area contributed by atoms with Gasteiger partial charge in [0.15, 0.2) is 0 Å². The number of hydrogen-bond acceptors (Lipinski definition) is 2. The van der Waals surface area contributed by atoms with E-state index in [9.17, 15) is 9.59 Å². The largest absolute Gasteiger partial charge is 0.350 e. The molecule has 24 heavy (non-hydrogen) atoms. The number of benzene rings is 1. The van der Waals surface area contributed by atoms with Crippen LogP contribution in [0.3, 0.4) is 0 Å². The fourth-order valence-electron chi connectivity index (χ4n) is 4.04. The molecule has 1 aliphatic heterocycles. The van der Waals surface area contributed by atoms with Crippen molar-refractivity contribution in [3.8, 4) is 0 Å². The minimum absolute atomic E-state index is 0.0664. The van der Waals surface area contributed by atoms with Crippen LogP contribution in [0.1, 0.15) is 50.7 Å². The number of hydrogen-bond donors (Lipinski definition) is 1. The van der Waals surface area contributed by atoms with Crippen molar-refractivity contribution in [2.45, 2.75) is 57.9 Å². The van der Waals surface area contributed by atoms with Gasteiger partial charge in [-0.15, -0.1) is 0 Å². The smallest absolute Gasteiger partial charge is 0.225 e. The van der Waals surface area contributed by atoms with Gasteiger partial charge in [-0.05, 0) is 50.2 Å². The van der Waals surface area contributed by atoms with E-state index in [-0.39, 0.29) is 23.3 Å². The summed E-state index contributed by atoms with van der Waals surface area (Å²) in [7, 11) is 0.